The SMILES string of the molecule is Nc1nccc(-c2ccc(F)nc2)n1. The van der Waals surface area contributed by atoms with Crippen LogP contribution in [0.25, 0.3) is 11.3 Å². The van der Waals surface area contributed by atoms with Gasteiger partial charge in [-0.15, -0.1) is 0 Å². The lowest BCUT2D eigenvalue weighted by Crippen LogP contribution is -1.95. The van der Waals surface area contributed by atoms with Crippen molar-refractivity contribution >= 4 is 5.95 Å². The summed E-state index contributed by atoms with van der Waals surface area (Å²) in [4.78, 5) is 11.2. The number of rotatable bonds is 1. The van der Waals surface area contributed by atoms with Crippen LogP contribution in [-0.2, 0) is 0 Å². The summed E-state index contributed by atoms with van der Waals surface area (Å²) < 4.78 is 12.5. The normalized spacial score (nSPS) is 10.1. The Bertz CT molecular complexity index is 441. The first-order chi connectivity index (χ1) is 6.75. The van der Waals surface area contributed by atoms with Crippen LogP contribution in [-0.4, -0.2) is 15.0 Å². The highest BCUT2D eigenvalue weighted by molar-refractivity contribution is 5.58. The molecular weight excluding hydrogens is 183 g/mol. The summed E-state index contributed by atoms with van der Waals surface area (Å²) in [6, 6.07) is 4.54. The van der Waals surface area contributed by atoms with Gasteiger partial charge < -0.3 is 5.73 Å². The van der Waals surface area contributed by atoms with Crippen LogP contribution in [0, 0.1) is 5.95 Å². The topological polar surface area (TPSA) is 64.7 Å². The molecule has 5 heteroatoms. The fourth-order valence-corrected chi connectivity index (χ4v) is 1.06. The summed E-state index contributed by atoms with van der Waals surface area (Å²) in [6.45, 7) is 0. The molecule has 4 nitrogen and oxygen atoms in total. The van der Waals surface area contributed by atoms with Gasteiger partial charge in [0.05, 0.1) is 5.69 Å². The third kappa shape index (κ3) is 1.66. The predicted octanol–water partition coefficient (Wildman–Crippen LogP) is 1.26. The van der Waals surface area contributed by atoms with E-state index in [1.165, 1.54) is 12.3 Å². The number of nitrogens with zero attached hydrogens (tertiary/aromatic N) is 3. The molecule has 2 N–H and O–H groups in total. The largest absolute Gasteiger partial charge is 0.368 e. The minimum atomic E-state index is -0.518. The van der Waals surface area contributed by atoms with Gasteiger partial charge in [-0.1, -0.05) is 0 Å². The molecule has 2 rings (SSSR count). The van der Waals surface area contributed by atoms with E-state index in [-0.39, 0.29) is 5.95 Å². The van der Waals surface area contributed by atoms with Crippen molar-refractivity contribution in [1.82, 2.24) is 15.0 Å². The first-order valence-corrected chi connectivity index (χ1v) is 3.96. The molecule has 0 amide bonds. The van der Waals surface area contributed by atoms with Crippen molar-refractivity contribution in [3.05, 3.63) is 36.5 Å². The standard InChI is InChI=1S/C9H7FN4/c10-8-2-1-6(5-13-8)7-3-4-12-9(11)14-7/h1-5H,(H2,11,12,14). The Hall–Kier alpha value is -2.04. The summed E-state index contributed by atoms with van der Waals surface area (Å²) in [6.07, 6.45) is 2.94. The van der Waals surface area contributed by atoms with E-state index in [1.54, 1.807) is 18.3 Å². The van der Waals surface area contributed by atoms with Gasteiger partial charge in [0, 0.05) is 18.0 Å². The Morgan fingerprint density at radius 2 is 2.00 bits per heavy atom. The second-order valence-corrected chi connectivity index (χ2v) is 2.67. The van der Waals surface area contributed by atoms with Crippen molar-refractivity contribution < 1.29 is 4.39 Å². The fourth-order valence-electron chi connectivity index (χ4n) is 1.06. The molecule has 0 aliphatic heterocycles. The van der Waals surface area contributed by atoms with E-state index in [2.05, 4.69) is 15.0 Å². The minimum absolute atomic E-state index is 0.187. The van der Waals surface area contributed by atoms with Crippen LogP contribution in [0.1, 0.15) is 0 Å². The third-order valence-corrected chi connectivity index (χ3v) is 1.70. The van der Waals surface area contributed by atoms with Crippen molar-refractivity contribution in [2.75, 3.05) is 5.73 Å². The lowest BCUT2D eigenvalue weighted by Gasteiger charge is -1.99. The van der Waals surface area contributed by atoms with E-state index in [4.69, 9.17) is 5.73 Å². The molecule has 0 saturated carbocycles. The van der Waals surface area contributed by atoms with Crippen molar-refractivity contribution in [3.8, 4) is 11.3 Å². The summed E-state index contributed by atoms with van der Waals surface area (Å²) in [5.74, 6) is -0.331. The first kappa shape index (κ1) is 8.55. The summed E-state index contributed by atoms with van der Waals surface area (Å²) in [5, 5.41) is 0. The van der Waals surface area contributed by atoms with Crippen molar-refractivity contribution in [3.63, 3.8) is 0 Å². The molecule has 70 valence electrons. The van der Waals surface area contributed by atoms with Crippen LogP contribution in [0.15, 0.2) is 30.6 Å². The van der Waals surface area contributed by atoms with E-state index in [9.17, 15) is 4.39 Å². The highest BCUT2D eigenvalue weighted by atomic mass is 19.1. The smallest absolute Gasteiger partial charge is 0.220 e. The van der Waals surface area contributed by atoms with Gasteiger partial charge in [-0.25, -0.2) is 15.0 Å². The Morgan fingerprint density at radius 1 is 1.14 bits per heavy atom. The van der Waals surface area contributed by atoms with Crippen LogP contribution in [0.3, 0.4) is 0 Å². The van der Waals surface area contributed by atoms with Gasteiger partial charge in [-0.3, -0.25) is 0 Å². The van der Waals surface area contributed by atoms with Crippen molar-refractivity contribution in [1.29, 1.82) is 0 Å². The fraction of sp³-hybridized carbons (Fsp3) is 0. The molecule has 2 heterocycles. The van der Waals surface area contributed by atoms with E-state index >= 15 is 0 Å². The molecule has 2 aromatic rings. The van der Waals surface area contributed by atoms with Crippen LogP contribution >= 0.6 is 0 Å². The second-order valence-electron chi connectivity index (χ2n) is 2.67. The highest BCUT2D eigenvalue weighted by Crippen LogP contribution is 2.15. The van der Waals surface area contributed by atoms with E-state index < -0.39 is 5.95 Å². The average molecular weight is 190 g/mol. The zero-order valence-corrected chi connectivity index (χ0v) is 7.18. The van der Waals surface area contributed by atoms with E-state index in [0.717, 1.165) is 0 Å². The Morgan fingerprint density at radius 3 is 2.64 bits per heavy atom. The van der Waals surface area contributed by atoms with Gasteiger partial charge in [0.2, 0.25) is 11.9 Å². The Labute approximate surface area is 79.7 Å². The maximum atomic E-state index is 12.5. The molecule has 0 bridgehead atoms. The summed E-state index contributed by atoms with van der Waals surface area (Å²) >= 11 is 0. The molecule has 0 atom stereocenters. The van der Waals surface area contributed by atoms with Crippen molar-refractivity contribution in [2.45, 2.75) is 0 Å². The highest BCUT2D eigenvalue weighted by Gasteiger charge is 2.00. The number of halogens is 1. The monoisotopic (exact) mass is 190 g/mol. The molecule has 0 fully saturated rings. The molecule has 0 spiro atoms. The van der Waals surface area contributed by atoms with Crippen LogP contribution in [0.5, 0.6) is 0 Å². The molecule has 0 unspecified atom stereocenters. The van der Waals surface area contributed by atoms with Gasteiger partial charge in [-0.2, -0.15) is 4.39 Å². The number of aromatic nitrogens is 3. The quantitative estimate of drug-likeness (QED) is 0.687. The van der Waals surface area contributed by atoms with Gasteiger partial charge in [0.1, 0.15) is 0 Å². The third-order valence-electron chi connectivity index (χ3n) is 1.70. The zero-order chi connectivity index (χ0) is 9.97. The second kappa shape index (κ2) is 3.37. The summed E-state index contributed by atoms with van der Waals surface area (Å²) in [7, 11) is 0. The summed E-state index contributed by atoms with van der Waals surface area (Å²) in [5.41, 5.74) is 6.75. The van der Waals surface area contributed by atoms with Crippen LogP contribution in [0.4, 0.5) is 10.3 Å². The number of hydrogen-bond donors (Lipinski definition) is 1. The number of nitrogen functional groups attached to an aromatic ring is 1. The van der Waals surface area contributed by atoms with Gasteiger partial charge in [-0.05, 0) is 18.2 Å². The molecule has 2 aromatic heterocycles. The number of anilines is 1. The lowest BCUT2D eigenvalue weighted by molar-refractivity contribution is 0.584. The number of nitrogens with two attached hydrogens (primary N) is 1. The molecule has 0 radical (unpaired) electrons. The molecule has 0 aliphatic carbocycles. The van der Waals surface area contributed by atoms with Gasteiger partial charge >= 0.3 is 0 Å². The van der Waals surface area contributed by atoms with Crippen LogP contribution in [0.2, 0.25) is 0 Å². The number of pyridine rings is 1. The maximum absolute atomic E-state index is 12.5. The molecule has 0 saturated heterocycles. The minimum Gasteiger partial charge on any atom is -0.368 e. The Balaban J connectivity index is 2.44. The van der Waals surface area contributed by atoms with E-state index in [0.29, 0.717) is 11.3 Å². The number of hydrogen-bond acceptors (Lipinski definition) is 4. The molecule has 0 aliphatic rings. The van der Waals surface area contributed by atoms with Gasteiger partial charge in [0.15, 0.2) is 0 Å². The first-order valence-electron chi connectivity index (χ1n) is 3.96. The average Bonchev–Trinajstić information content (AvgIpc) is 2.19. The zero-order valence-electron chi connectivity index (χ0n) is 7.18. The predicted molar refractivity (Wildman–Crippen MR) is 49.6 cm³/mol. The lowest BCUT2D eigenvalue weighted by atomic mass is 10.2. The molecule has 14 heavy (non-hydrogen) atoms. The van der Waals surface area contributed by atoms with Crippen molar-refractivity contribution in [2.24, 2.45) is 0 Å². The molecule has 0 aromatic carbocycles. The maximum Gasteiger partial charge on any atom is 0.220 e. The Kier molecular flexibility index (Phi) is 2.06. The van der Waals surface area contributed by atoms with Crippen LogP contribution < -0.4 is 5.73 Å². The van der Waals surface area contributed by atoms with Gasteiger partial charge in [0.25, 0.3) is 0 Å². The van der Waals surface area contributed by atoms with E-state index in [1.807, 2.05) is 0 Å². The molecular formula is C9H7FN4.